The van der Waals surface area contributed by atoms with E-state index in [1.807, 2.05) is 0 Å². The van der Waals surface area contributed by atoms with Crippen LogP contribution in [0.4, 0.5) is 0 Å². The van der Waals surface area contributed by atoms with E-state index >= 15 is 0 Å². The molecule has 1 N–H and O–H groups in total. The molecule has 0 saturated carbocycles. The van der Waals surface area contributed by atoms with Crippen LogP contribution in [0.5, 0.6) is 0 Å². The van der Waals surface area contributed by atoms with Crippen molar-refractivity contribution in [2.45, 2.75) is 38.5 Å². The van der Waals surface area contributed by atoms with E-state index in [4.69, 9.17) is 9.47 Å². The average molecular weight is 318 g/mol. The van der Waals surface area contributed by atoms with Crippen LogP contribution in [-0.4, -0.2) is 49.4 Å². The number of aryl methyl sites for hydroxylation is 1. The van der Waals surface area contributed by atoms with Crippen molar-refractivity contribution >= 4 is 5.91 Å². The lowest BCUT2D eigenvalue weighted by Crippen LogP contribution is -2.45. The molecule has 23 heavy (non-hydrogen) atoms. The number of benzene rings is 1. The first-order chi connectivity index (χ1) is 11.2. The smallest absolute Gasteiger partial charge is 0.221 e. The third kappa shape index (κ3) is 4.53. The SMILES string of the molecule is Cc1ccc(CNC(=O)CCN2CCC3(CC2)OCCO3)cc1. The van der Waals surface area contributed by atoms with E-state index in [0.717, 1.165) is 38.0 Å². The van der Waals surface area contributed by atoms with Gasteiger partial charge in [-0.15, -0.1) is 0 Å². The Hall–Kier alpha value is -1.43. The summed E-state index contributed by atoms with van der Waals surface area (Å²) in [5, 5.41) is 2.99. The van der Waals surface area contributed by atoms with Gasteiger partial charge >= 0.3 is 0 Å². The van der Waals surface area contributed by atoms with Crippen molar-refractivity contribution in [3.05, 3.63) is 35.4 Å². The van der Waals surface area contributed by atoms with Gasteiger partial charge in [-0.1, -0.05) is 29.8 Å². The number of carbonyl (C=O) groups is 1. The van der Waals surface area contributed by atoms with E-state index in [1.54, 1.807) is 0 Å². The van der Waals surface area contributed by atoms with Crippen molar-refractivity contribution in [1.29, 1.82) is 0 Å². The van der Waals surface area contributed by atoms with Gasteiger partial charge in [0.05, 0.1) is 13.2 Å². The van der Waals surface area contributed by atoms with Gasteiger partial charge in [0.15, 0.2) is 5.79 Å². The Morgan fingerprint density at radius 1 is 1.17 bits per heavy atom. The third-order valence-electron chi connectivity index (χ3n) is 4.70. The lowest BCUT2D eigenvalue weighted by Gasteiger charge is -2.37. The minimum atomic E-state index is -0.329. The molecule has 1 aromatic carbocycles. The number of nitrogens with zero attached hydrogens (tertiary/aromatic N) is 1. The van der Waals surface area contributed by atoms with Crippen molar-refractivity contribution in [3.8, 4) is 0 Å². The standard InChI is InChI=1S/C18H26N2O3/c1-15-2-4-16(5-3-15)14-19-17(21)6-9-20-10-7-18(8-11-20)22-12-13-23-18/h2-5H,6-14H2,1H3,(H,19,21). The van der Waals surface area contributed by atoms with Gasteiger partial charge in [-0.3, -0.25) is 4.79 Å². The number of carbonyl (C=O) groups excluding carboxylic acids is 1. The molecule has 2 heterocycles. The van der Waals surface area contributed by atoms with Gasteiger partial charge in [-0.25, -0.2) is 0 Å². The molecule has 0 radical (unpaired) electrons. The van der Waals surface area contributed by atoms with Crippen molar-refractivity contribution in [2.75, 3.05) is 32.8 Å². The summed E-state index contributed by atoms with van der Waals surface area (Å²) in [5.41, 5.74) is 2.37. The Morgan fingerprint density at radius 3 is 2.48 bits per heavy atom. The van der Waals surface area contributed by atoms with Gasteiger partial charge in [0, 0.05) is 45.4 Å². The predicted molar refractivity (Wildman–Crippen MR) is 88.0 cm³/mol. The number of likely N-dealkylation sites (tertiary alicyclic amines) is 1. The number of piperidine rings is 1. The van der Waals surface area contributed by atoms with Crippen LogP contribution in [-0.2, 0) is 20.8 Å². The molecule has 5 heteroatoms. The highest BCUT2D eigenvalue weighted by atomic mass is 16.7. The molecular formula is C18H26N2O3. The van der Waals surface area contributed by atoms with Crippen LogP contribution in [0, 0.1) is 6.92 Å². The van der Waals surface area contributed by atoms with Gasteiger partial charge in [-0.05, 0) is 12.5 Å². The molecule has 0 bridgehead atoms. The Bertz CT molecular complexity index is 514. The molecule has 1 spiro atoms. The predicted octanol–water partition coefficient (Wildman–Crippen LogP) is 1.84. The summed E-state index contributed by atoms with van der Waals surface area (Å²) >= 11 is 0. The van der Waals surface area contributed by atoms with Crippen molar-refractivity contribution in [3.63, 3.8) is 0 Å². The number of nitrogens with one attached hydrogen (secondary N) is 1. The zero-order valence-electron chi connectivity index (χ0n) is 13.8. The monoisotopic (exact) mass is 318 g/mol. The Kier molecular flexibility index (Phi) is 5.30. The fourth-order valence-corrected chi connectivity index (χ4v) is 3.16. The summed E-state index contributed by atoms with van der Waals surface area (Å²) in [6.07, 6.45) is 2.34. The zero-order valence-corrected chi connectivity index (χ0v) is 13.8. The number of ether oxygens (including phenoxy) is 2. The highest BCUT2D eigenvalue weighted by molar-refractivity contribution is 5.76. The number of rotatable bonds is 5. The molecule has 126 valence electrons. The fraction of sp³-hybridized carbons (Fsp3) is 0.611. The maximum atomic E-state index is 12.0. The van der Waals surface area contributed by atoms with Crippen LogP contribution >= 0.6 is 0 Å². The Labute approximate surface area is 137 Å². The summed E-state index contributed by atoms with van der Waals surface area (Å²) in [4.78, 5) is 14.3. The van der Waals surface area contributed by atoms with Crippen LogP contribution in [0.25, 0.3) is 0 Å². The molecule has 2 aliphatic rings. The summed E-state index contributed by atoms with van der Waals surface area (Å²) in [7, 11) is 0. The molecule has 2 saturated heterocycles. The molecule has 1 amide bonds. The number of hydrogen-bond acceptors (Lipinski definition) is 4. The van der Waals surface area contributed by atoms with Gasteiger partial charge in [0.1, 0.15) is 0 Å². The molecule has 5 nitrogen and oxygen atoms in total. The second kappa shape index (κ2) is 7.43. The quantitative estimate of drug-likeness (QED) is 0.900. The Balaban J connectivity index is 1.34. The van der Waals surface area contributed by atoms with Crippen LogP contribution in [0.1, 0.15) is 30.4 Å². The van der Waals surface area contributed by atoms with E-state index in [1.165, 1.54) is 5.56 Å². The van der Waals surface area contributed by atoms with Crippen LogP contribution in [0.3, 0.4) is 0 Å². The molecule has 0 unspecified atom stereocenters. The van der Waals surface area contributed by atoms with E-state index < -0.39 is 0 Å². The van der Waals surface area contributed by atoms with Gasteiger partial charge in [-0.2, -0.15) is 0 Å². The summed E-state index contributed by atoms with van der Waals surface area (Å²) in [6, 6.07) is 8.25. The zero-order chi connectivity index (χ0) is 16.1. The van der Waals surface area contributed by atoms with Gasteiger partial charge in [0.2, 0.25) is 5.91 Å². The minimum Gasteiger partial charge on any atom is -0.352 e. The van der Waals surface area contributed by atoms with Gasteiger partial charge < -0.3 is 19.7 Å². The molecule has 2 fully saturated rings. The second-order valence-corrected chi connectivity index (χ2v) is 6.46. The Morgan fingerprint density at radius 2 is 1.83 bits per heavy atom. The first kappa shape index (κ1) is 16.4. The lowest BCUT2D eigenvalue weighted by molar-refractivity contribution is -0.185. The molecule has 0 aromatic heterocycles. The number of amides is 1. The first-order valence-electron chi connectivity index (χ1n) is 8.48. The maximum absolute atomic E-state index is 12.0. The van der Waals surface area contributed by atoms with Crippen molar-refractivity contribution in [2.24, 2.45) is 0 Å². The minimum absolute atomic E-state index is 0.110. The molecule has 1 aromatic rings. The summed E-state index contributed by atoms with van der Waals surface area (Å²) in [6.45, 7) is 6.76. The number of hydrogen-bond donors (Lipinski definition) is 1. The van der Waals surface area contributed by atoms with E-state index in [0.29, 0.717) is 26.2 Å². The summed E-state index contributed by atoms with van der Waals surface area (Å²) < 4.78 is 11.4. The van der Waals surface area contributed by atoms with E-state index in [-0.39, 0.29) is 11.7 Å². The molecule has 2 aliphatic heterocycles. The molecule has 0 aliphatic carbocycles. The normalized spacial score (nSPS) is 20.7. The van der Waals surface area contributed by atoms with Crippen LogP contribution < -0.4 is 5.32 Å². The van der Waals surface area contributed by atoms with E-state index in [9.17, 15) is 4.79 Å². The average Bonchev–Trinajstić information content (AvgIpc) is 3.02. The summed E-state index contributed by atoms with van der Waals surface area (Å²) in [5.74, 6) is -0.219. The molecule has 3 rings (SSSR count). The van der Waals surface area contributed by atoms with Crippen LogP contribution in [0.2, 0.25) is 0 Å². The van der Waals surface area contributed by atoms with E-state index in [2.05, 4.69) is 41.4 Å². The lowest BCUT2D eigenvalue weighted by atomic mass is 10.0. The second-order valence-electron chi connectivity index (χ2n) is 6.46. The molecular weight excluding hydrogens is 292 g/mol. The van der Waals surface area contributed by atoms with Crippen molar-refractivity contribution < 1.29 is 14.3 Å². The molecule has 0 atom stereocenters. The van der Waals surface area contributed by atoms with Crippen LogP contribution in [0.15, 0.2) is 24.3 Å². The van der Waals surface area contributed by atoms with Crippen molar-refractivity contribution in [1.82, 2.24) is 10.2 Å². The first-order valence-corrected chi connectivity index (χ1v) is 8.48. The highest BCUT2D eigenvalue weighted by Gasteiger charge is 2.39. The maximum Gasteiger partial charge on any atom is 0.221 e. The highest BCUT2D eigenvalue weighted by Crippen LogP contribution is 2.31. The van der Waals surface area contributed by atoms with Gasteiger partial charge in [0.25, 0.3) is 0 Å². The fourth-order valence-electron chi connectivity index (χ4n) is 3.16. The largest absolute Gasteiger partial charge is 0.352 e. The topological polar surface area (TPSA) is 50.8 Å². The third-order valence-corrected chi connectivity index (χ3v) is 4.70.